The van der Waals surface area contributed by atoms with Gasteiger partial charge in [-0.3, -0.25) is 4.31 Å². The van der Waals surface area contributed by atoms with E-state index in [-0.39, 0.29) is 35.2 Å². The zero-order valence-corrected chi connectivity index (χ0v) is 14.7. The Morgan fingerprint density at radius 2 is 1.88 bits per heavy atom. The highest BCUT2D eigenvalue weighted by atomic mass is 32.2. The summed E-state index contributed by atoms with van der Waals surface area (Å²) in [5.41, 5.74) is 1.37. The Hall–Kier alpha value is -2.74. The third-order valence-electron chi connectivity index (χ3n) is 4.50. The molecule has 2 aliphatic rings. The minimum absolute atomic E-state index is 0.0711. The van der Waals surface area contributed by atoms with E-state index in [1.807, 2.05) is 12.1 Å². The Balaban J connectivity index is 1.85. The average Bonchev–Trinajstić information content (AvgIpc) is 2.66. The molecule has 7 nitrogen and oxygen atoms in total. The van der Waals surface area contributed by atoms with Gasteiger partial charge in [0.25, 0.3) is 10.0 Å². The van der Waals surface area contributed by atoms with Crippen molar-refractivity contribution in [1.29, 1.82) is 0 Å². The van der Waals surface area contributed by atoms with Crippen molar-refractivity contribution in [2.24, 2.45) is 0 Å². The van der Waals surface area contributed by atoms with Gasteiger partial charge in [-0.25, -0.2) is 13.2 Å². The zero-order chi connectivity index (χ0) is 18.3. The number of benzene rings is 2. The minimum Gasteiger partial charge on any atom is -0.486 e. The van der Waals surface area contributed by atoms with Gasteiger partial charge in [0.05, 0.1) is 10.6 Å². The van der Waals surface area contributed by atoms with Crippen LogP contribution in [0.1, 0.15) is 22.3 Å². The van der Waals surface area contributed by atoms with E-state index < -0.39 is 16.0 Å². The third kappa shape index (κ3) is 2.66. The second kappa shape index (κ2) is 6.21. The average molecular weight is 375 g/mol. The fraction of sp³-hybridized carbons (Fsp3) is 0.278. The number of para-hydroxylation sites is 1. The van der Waals surface area contributed by atoms with Gasteiger partial charge in [-0.15, -0.1) is 0 Å². The van der Waals surface area contributed by atoms with Crippen molar-refractivity contribution in [3.8, 4) is 11.5 Å². The van der Waals surface area contributed by atoms with Crippen molar-refractivity contribution in [2.75, 3.05) is 24.1 Å². The maximum absolute atomic E-state index is 13.2. The molecule has 0 aromatic heterocycles. The highest BCUT2D eigenvalue weighted by Crippen LogP contribution is 2.39. The zero-order valence-electron chi connectivity index (χ0n) is 13.8. The molecule has 0 saturated carbocycles. The molecule has 8 heteroatoms. The van der Waals surface area contributed by atoms with Gasteiger partial charge >= 0.3 is 5.97 Å². The van der Waals surface area contributed by atoms with Gasteiger partial charge in [0.15, 0.2) is 11.5 Å². The number of carboxylic acid groups (broad SMARTS) is 1. The number of aromatic carboxylic acids is 1. The lowest BCUT2D eigenvalue weighted by atomic mass is 10.0. The van der Waals surface area contributed by atoms with Crippen LogP contribution in [0, 0.1) is 0 Å². The van der Waals surface area contributed by atoms with Crippen LogP contribution in [-0.4, -0.2) is 39.3 Å². The molecule has 0 atom stereocenters. The number of anilines is 1. The summed E-state index contributed by atoms with van der Waals surface area (Å²) in [5, 5.41) is 9.46. The SMILES string of the molecule is O=C(O)c1cc(S(=O)(=O)N2CCCc3ccccc32)cc2c1OCCO2. The molecule has 4 rings (SSSR count). The number of fused-ring (bicyclic) bond motifs is 2. The number of hydrogen-bond donors (Lipinski definition) is 1. The Morgan fingerprint density at radius 1 is 1.12 bits per heavy atom. The number of aryl methyl sites for hydroxylation is 1. The van der Waals surface area contributed by atoms with Crippen LogP contribution in [0.15, 0.2) is 41.3 Å². The van der Waals surface area contributed by atoms with Crippen LogP contribution in [0.25, 0.3) is 0 Å². The normalized spacial score (nSPS) is 16.1. The summed E-state index contributed by atoms with van der Waals surface area (Å²) >= 11 is 0. The molecule has 0 amide bonds. The maximum atomic E-state index is 13.2. The number of carbonyl (C=O) groups is 1. The summed E-state index contributed by atoms with van der Waals surface area (Å²) < 4.78 is 38.6. The molecule has 0 fully saturated rings. The van der Waals surface area contributed by atoms with Gasteiger partial charge in [0.2, 0.25) is 0 Å². The Bertz CT molecular complexity index is 985. The molecule has 2 aromatic rings. The molecule has 0 saturated heterocycles. The number of ether oxygens (including phenoxy) is 2. The molecule has 0 aliphatic carbocycles. The van der Waals surface area contributed by atoms with E-state index in [0.29, 0.717) is 18.7 Å². The summed E-state index contributed by atoms with van der Waals surface area (Å²) in [6.07, 6.45) is 1.51. The van der Waals surface area contributed by atoms with Crippen molar-refractivity contribution < 1.29 is 27.8 Å². The van der Waals surface area contributed by atoms with Crippen molar-refractivity contribution in [2.45, 2.75) is 17.7 Å². The monoisotopic (exact) mass is 375 g/mol. The summed E-state index contributed by atoms with van der Waals surface area (Å²) in [5.74, 6) is -1.05. The molecule has 0 spiro atoms. The van der Waals surface area contributed by atoms with Gasteiger partial charge in [-0.05, 0) is 30.5 Å². The molecular formula is C18H17NO6S. The van der Waals surface area contributed by atoms with Gasteiger partial charge in [-0.2, -0.15) is 0 Å². The molecule has 0 radical (unpaired) electrons. The first-order valence-corrected chi connectivity index (χ1v) is 9.70. The molecule has 2 heterocycles. The maximum Gasteiger partial charge on any atom is 0.339 e. The second-order valence-corrected chi connectivity index (χ2v) is 7.97. The minimum atomic E-state index is -3.93. The van der Waals surface area contributed by atoms with Crippen molar-refractivity contribution in [3.63, 3.8) is 0 Å². The molecule has 136 valence electrons. The lowest BCUT2D eigenvalue weighted by Gasteiger charge is -2.31. The van der Waals surface area contributed by atoms with E-state index in [9.17, 15) is 18.3 Å². The molecule has 0 bridgehead atoms. The molecule has 26 heavy (non-hydrogen) atoms. The van der Waals surface area contributed by atoms with Crippen molar-refractivity contribution in [1.82, 2.24) is 0 Å². The van der Waals surface area contributed by atoms with E-state index in [4.69, 9.17) is 9.47 Å². The van der Waals surface area contributed by atoms with E-state index >= 15 is 0 Å². The van der Waals surface area contributed by atoms with E-state index in [1.54, 1.807) is 12.1 Å². The molecule has 2 aliphatic heterocycles. The Labute approximate surface area is 150 Å². The topological polar surface area (TPSA) is 93.1 Å². The third-order valence-corrected chi connectivity index (χ3v) is 6.29. The van der Waals surface area contributed by atoms with Crippen LogP contribution in [-0.2, 0) is 16.4 Å². The Kier molecular flexibility index (Phi) is 3.99. The predicted octanol–water partition coefficient (Wildman–Crippen LogP) is 2.30. The summed E-state index contributed by atoms with van der Waals surface area (Å²) in [6, 6.07) is 9.82. The summed E-state index contributed by atoms with van der Waals surface area (Å²) in [6.45, 7) is 0.803. The number of sulfonamides is 1. The first-order chi connectivity index (χ1) is 12.5. The number of hydrogen-bond acceptors (Lipinski definition) is 5. The smallest absolute Gasteiger partial charge is 0.339 e. The van der Waals surface area contributed by atoms with E-state index in [2.05, 4.69) is 0 Å². The molecule has 2 aromatic carbocycles. The van der Waals surface area contributed by atoms with Crippen molar-refractivity contribution in [3.05, 3.63) is 47.5 Å². The van der Waals surface area contributed by atoms with Crippen molar-refractivity contribution >= 4 is 21.7 Å². The highest BCUT2D eigenvalue weighted by Gasteiger charge is 2.32. The predicted molar refractivity (Wildman–Crippen MR) is 93.7 cm³/mol. The first-order valence-electron chi connectivity index (χ1n) is 8.26. The van der Waals surface area contributed by atoms with Crippen LogP contribution >= 0.6 is 0 Å². The lowest BCUT2D eigenvalue weighted by molar-refractivity contribution is 0.0685. The molecule has 0 unspecified atom stereocenters. The van der Waals surface area contributed by atoms with E-state index in [0.717, 1.165) is 18.1 Å². The first kappa shape index (κ1) is 16.7. The molecule has 1 N–H and O–H groups in total. The number of nitrogens with zero attached hydrogens (tertiary/aromatic N) is 1. The summed E-state index contributed by atoms with van der Waals surface area (Å²) in [4.78, 5) is 11.5. The van der Waals surface area contributed by atoms with Crippen LogP contribution < -0.4 is 13.8 Å². The van der Waals surface area contributed by atoms with Gasteiger partial charge in [-0.1, -0.05) is 18.2 Å². The van der Waals surface area contributed by atoms with Crippen LogP contribution in [0.4, 0.5) is 5.69 Å². The standard InChI is InChI=1S/C18H17NO6S/c20-18(21)14-10-13(11-16-17(14)25-9-8-24-16)26(22,23)19-7-3-5-12-4-1-2-6-15(12)19/h1-2,4,6,10-11H,3,5,7-9H2,(H,20,21). The fourth-order valence-electron chi connectivity index (χ4n) is 3.31. The number of rotatable bonds is 3. The summed E-state index contributed by atoms with van der Waals surface area (Å²) in [7, 11) is -3.93. The second-order valence-electron chi connectivity index (χ2n) is 6.11. The van der Waals surface area contributed by atoms with Crippen LogP contribution in [0.2, 0.25) is 0 Å². The lowest BCUT2D eigenvalue weighted by Crippen LogP contribution is -2.35. The Morgan fingerprint density at radius 3 is 2.69 bits per heavy atom. The van der Waals surface area contributed by atoms with E-state index in [1.165, 1.54) is 10.4 Å². The van der Waals surface area contributed by atoms with Gasteiger partial charge in [0, 0.05) is 12.6 Å². The fourth-order valence-corrected chi connectivity index (χ4v) is 4.90. The van der Waals surface area contributed by atoms with Crippen LogP contribution in [0.5, 0.6) is 11.5 Å². The largest absolute Gasteiger partial charge is 0.486 e. The van der Waals surface area contributed by atoms with Crippen LogP contribution in [0.3, 0.4) is 0 Å². The van der Waals surface area contributed by atoms with Gasteiger partial charge < -0.3 is 14.6 Å². The highest BCUT2D eigenvalue weighted by molar-refractivity contribution is 7.92. The molecular weight excluding hydrogens is 358 g/mol. The number of carboxylic acids is 1. The van der Waals surface area contributed by atoms with Gasteiger partial charge in [0.1, 0.15) is 18.8 Å². The quantitative estimate of drug-likeness (QED) is 0.885.